The fourth-order valence-corrected chi connectivity index (χ4v) is 1.71. The van der Waals surface area contributed by atoms with Crippen molar-refractivity contribution in [1.82, 2.24) is 10.6 Å². The fraction of sp³-hybridized carbons (Fsp3) is 0.125. The van der Waals surface area contributed by atoms with E-state index in [-0.39, 0.29) is 18.4 Å². The van der Waals surface area contributed by atoms with Crippen LogP contribution in [-0.4, -0.2) is 18.4 Å². The molecule has 102 valence electrons. The van der Waals surface area contributed by atoms with Crippen molar-refractivity contribution < 1.29 is 9.59 Å². The van der Waals surface area contributed by atoms with Crippen molar-refractivity contribution in [2.24, 2.45) is 0 Å². The van der Waals surface area contributed by atoms with Crippen molar-refractivity contribution in [2.75, 3.05) is 6.54 Å². The van der Waals surface area contributed by atoms with E-state index < -0.39 is 0 Å². The summed E-state index contributed by atoms with van der Waals surface area (Å²) >= 11 is 0. The predicted octanol–water partition coefficient (Wildman–Crippen LogP) is 1.73. The van der Waals surface area contributed by atoms with Gasteiger partial charge in [-0.05, 0) is 17.7 Å². The van der Waals surface area contributed by atoms with Crippen LogP contribution < -0.4 is 10.6 Å². The Kier molecular flexibility index (Phi) is 4.89. The van der Waals surface area contributed by atoms with Gasteiger partial charge in [0.25, 0.3) is 5.91 Å². The highest BCUT2D eigenvalue weighted by Gasteiger charge is 2.06. The summed E-state index contributed by atoms with van der Waals surface area (Å²) in [5.41, 5.74) is 1.57. The zero-order valence-corrected chi connectivity index (χ0v) is 11.0. The normalized spacial score (nSPS) is 9.80. The Morgan fingerprint density at radius 1 is 0.800 bits per heavy atom. The van der Waals surface area contributed by atoms with Gasteiger partial charge in [0.15, 0.2) is 0 Å². The second-order valence-corrected chi connectivity index (χ2v) is 4.31. The van der Waals surface area contributed by atoms with Crippen LogP contribution in [0, 0.1) is 0 Å². The molecular formula is C16H16N2O2. The maximum absolute atomic E-state index is 11.7. The van der Waals surface area contributed by atoms with Gasteiger partial charge in [-0.2, -0.15) is 0 Å². The van der Waals surface area contributed by atoms with Gasteiger partial charge in [-0.25, -0.2) is 0 Å². The third-order valence-electron chi connectivity index (χ3n) is 2.78. The summed E-state index contributed by atoms with van der Waals surface area (Å²) in [7, 11) is 0. The van der Waals surface area contributed by atoms with E-state index in [1.165, 1.54) is 0 Å². The largest absolute Gasteiger partial charge is 0.350 e. The van der Waals surface area contributed by atoms with Gasteiger partial charge in [0.1, 0.15) is 0 Å². The van der Waals surface area contributed by atoms with E-state index in [1.54, 1.807) is 24.3 Å². The molecule has 0 unspecified atom stereocenters. The van der Waals surface area contributed by atoms with Crippen molar-refractivity contribution in [3.8, 4) is 0 Å². The Morgan fingerprint density at radius 3 is 2.05 bits per heavy atom. The molecule has 2 rings (SSSR count). The molecule has 2 aromatic carbocycles. The van der Waals surface area contributed by atoms with E-state index in [2.05, 4.69) is 10.6 Å². The average molecular weight is 268 g/mol. The number of hydrogen-bond donors (Lipinski definition) is 2. The first kappa shape index (κ1) is 13.8. The van der Waals surface area contributed by atoms with Crippen LogP contribution in [0.2, 0.25) is 0 Å². The van der Waals surface area contributed by atoms with Crippen LogP contribution in [0.4, 0.5) is 0 Å². The number of hydrogen-bond acceptors (Lipinski definition) is 2. The monoisotopic (exact) mass is 268 g/mol. The van der Waals surface area contributed by atoms with E-state index in [0.29, 0.717) is 12.1 Å². The number of nitrogens with one attached hydrogen (secondary N) is 2. The molecule has 0 aliphatic rings. The van der Waals surface area contributed by atoms with Crippen LogP contribution in [0.1, 0.15) is 15.9 Å². The molecule has 0 atom stereocenters. The Labute approximate surface area is 117 Å². The summed E-state index contributed by atoms with van der Waals surface area (Å²) in [6.45, 7) is 0.432. The standard InChI is InChI=1S/C16H16N2O2/c19-15(17-11-13-7-3-1-4-8-13)12-18-16(20)14-9-5-2-6-10-14/h1-10H,11-12H2,(H,17,19)(H,18,20). The summed E-state index contributed by atoms with van der Waals surface area (Å²) in [6.07, 6.45) is 0. The van der Waals surface area contributed by atoms with Crippen molar-refractivity contribution in [1.29, 1.82) is 0 Å². The average Bonchev–Trinajstić information content (AvgIpc) is 2.52. The van der Waals surface area contributed by atoms with Crippen LogP contribution in [0.25, 0.3) is 0 Å². The van der Waals surface area contributed by atoms with Crippen molar-refractivity contribution >= 4 is 11.8 Å². The molecule has 0 bridgehead atoms. The van der Waals surface area contributed by atoms with Crippen LogP contribution in [0.3, 0.4) is 0 Å². The summed E-state index contributed by atoms with van der Waals surface area (Å²) in [5, 5.41) is 5.34. The number of amides is 2. The van der Waals surface area contributed by atoms with E-state index in [0.717, 1.165) is 5.56 Å². The minimum absolute atomic E-state index is 0.0272. The molecular weight excluding hydrogens is 252 g/mol. The van der Waals surface area contributed by atoms with Crippen LogP contribution in [-0.2, 0) is 11.3 Å². The lowest BCUT2D eigenvalue weighted by Crippen LogP contribution is -2.36. The number of carbonyl (C=O) groups excluding carboxylic acids is 2. The van der Waals surface area contributed by atoms with Gasteiger partial charge in [0, 0.05) is 12.1 Å². The minimum atomic E-state index is -0.250. The molecule has 0 heterocycles. The smallest absolute Gasteiger partial charge is 0.251 e. The first-order valence-corrected chi connectivity index (χ1v) is 6.39. The number of rotatable bonds is 5. The molecule has 0 saturated carbocycles. The molecule has 0 aromatic heterocycles. The highest BCUT2D eigenvalue weighted by Crippen LogP contribution is 1.98. The Balaban J connectivity index is 1.74. The van der Waals surface area contributed by atoms with Gasteiger partial charge in [-0.1, -0.05) is 48.5 Å². The molecule has 0 saturated heterocycles. The molecule has 2 amide bonds. The van der Waals surface area contributed by atoms with E-state index >= 15 is 0 Å². The third-order valence-corrected chi connectivity index (χ3v) is 2.78. The Hall–Kier alpha value is -2.62. The molecule has 2 aromatic rings. The quantitative estimate of drug-likeness (QED) is 0.867. The van der Waals surface area contributed by atoms with Crippen molar-refractivity contribution in [3.05, 3.63) is 71.8 Å². The fourth-order valence-electron chi connectivity index (χ4n) is 1.71. The van der Waals surface area contributed by atoms with Crippen molar-refractivity contribution in [2.45, 2.75) is 6.54 Å². The molecule has 0 spiro atoms. The highest BCUT2D eigenvalue weighted by molar-refractivity contribution is 5.96. The minimum Gasteiger partial charge on any atom is -0.350 e. The number of carbonyl (C=O) groups is 2. The first-order chi connectivity index (χ1) is 9.75. The molecule has 20 heavy (non-hydrogen) atoms. The summed E-state index contributed by atoms with van der Waals surface area (Å²) < 4.78 is 0. The maximum atomic E-state index is 11.7. The molecule has 2 N–H and O–H groups in total. The first-order valence-electron chi connectivity index (χ1n) is 6.39. The molecule has 0 aliphatic heterocycles. The maximum Gasteiger partial charge on any atom is 0.251 e. The summed E-state index contributed by atoms with van der Waals surface area (Å²) in [5.74, 6) is -0.460. The summed E-state index contributed by atoms with van der Waals surface area (Å²) in [6, 6.07) is 18.4. The Morgan fingerprint density at radius 2 is 1.40 bits per heavy atom. The molecule has 4 nitrogen and oxygen atoms in total. The van der Waals surface area contributed by atoms with Gasteiger partial charge in [0.2, 0.25) is 5.91 Å². The second-order valence-electron chi connectivity index (χ2n) is 4.31. The predicted molar refractivity (Wildman–Crippen MR) is 77.1 cm³/mol. The van der Waals surface area contributed by atoms with Crippen LogP contribution in [0.5, 0.6) is 0 Å². The third kappa shape index (κ3) is 4.24. The highest BCUT2D eigenvalue weighted by atomic mass is 16.2. The second kappa shape index (κ2) is 7.09. The van der Waals surface area contributed by atoms with Crippen molar-refractivity contribution in [3.63, 3.8) is 0 Å². The van der Waals surface area contributed by atoms with Gasteiger partial charge in [-0.15, -0.1) is 0 Å². The van der Waals surface area contributed by atoms with Crippen LogP contribution >= 0.6 is 0 Å². The van der Waals surface area contributed by atoms with Crippen LogP contribution in [0.15, 0.2) is 60.7 Å². The molecule has 0 radical (unpaired) electrons. The lowest BCUT2D eigenvalue weighted by atomic mass is 10.2. The summed E-state index contributed by atoms with van der Waals surface area (Å²) in [4.78, 5) is 23.4. The van der Waals surface area contributed by atoms with E-state index in [1.807, 2.05) is 36.4 Å². The number of benzene rings is 2. The topological polar surface area (TPSA) is 58.2 Å². The molecule has 4 heteroatoms. The van der Waals surface area contributed by atoms with Gasteiger partial charge < -0.3 is 10.6 Å². The zero-order valence-electron chi connectivity index (χ0n) is 11.0. The lowest BCUT2D eigenvalue weighted by molar-refractivity contribution is -0.120. The van der Waals surface area contributed by atoms with Gasteiger partial charge in [-0.3, -0.25) is 9.59 Å². The Bertz CT molecular complexity index is 568. The SMILES string of the molecule is O=C(CNC(=O)c1ccccc1)NCc1ccccc1. The molecule has 0 aliphatic carbocycles. The van der Waals surface area contributed by atoms with Gasteiger partial charge >= 0.3 is 0 Å². The molecule has 0 fully saturated rings. The van der Waals surface area contributed by atoms with E-state index in [4.69, 9.17) is 0 Å². The lowest BCUT2D eigenvalue weighted by Gasteiger charge is -2.07. The van der Waals surface area contributed by atoms with E-state index in [9.17, 15) is 9.59 Å². The van der Waals surface area contributed by atoms with Gasteiger partial charge in [0.05, 0.1) is 6.54 Å². The zero-order chi connectivity index (χ0) is 14.2.